The lowest BCUT2D eigenvalue weighted by Gasteiger charge is -2.18. The van der Waals surface area contributed by atoms with Gasteiger partial charge < -0.3 is 19.4 Å². The van der Waals surface area contributed by atoms with Gasteiger partial charge in [-0.1, -0.05) is 31.7 Å². The van der Waals surface area contributed by atoms with Crippen LogP contribution in [0.15, 0.2) is 53.7 Å². The third-order valence-corrected chi connectivity index (χ3v) is 5.61. The summed E-state index contributed by atoms with van der Waals surface area (Å²) in [6, 6.07) is 16.2. The lowest BCUT2D eigenvalue weighted by Crippen LogP contribution is -2.17. The summed E-state index contributed by atoms with van der Waals surface area (Å²) in [5.41, 5.74) is 1.19. The number of nitrogens with one attached hydrogen (secondary N) is 1. The fourth-order valence-corrected chi connectivity index (χ4v) is 3.89. The number of nitrogens with zero attached hydrogens (tertiary/aromatic N) is 4. The van der Waals surface area contributed by atoms with Gasteiger partial charge in [-0.05, 0) is 49.2 Å². The van der Waals surface area contributed by atoms with Crippen molar-refractivity contribution in [3.8, 4) is 17.6 Å². The van der Waals surface area contributed by atoms with Crippen LogP contribution in [-0.2, 0) is 11.3 Å². The van der Waals surface area contributed by atoms with E-state index >= 15 is 0 Å². The van der Waals surface area contributed by atoms with Crippen LogP contribution in [0.25, 0.3) is 0 Å². The Morgan fingerprint density at radius 3 is 2.55 bits per heavy atom. The van der Waals surface area contributed by atoms with Gasteiger partial charge in [0.25, 0.3) is 0 Å². The van der Waals surface area contributed by atoms with Crippen LogP contribution >= 0.6 is 11.8 Å². The molecule has 8 nitrogen and oxygen atoms in total. The Labute approximate surface area is 197 Å². The Morgan fingerprint density at radius 1 is 1.15 bits per heavy atom. The molecule has 0 saturated heterocycles. The quantitative estimate of drug-likeness (QED) is 0.434. The maximum absolute atomic E-state index is 12.4. The molecule has 3 aromatic rings. The molecular formula is C24H27N5O3S. The molecule has 172 valence electrons. The van der Waals surface area contributed by atoms with Crippen molar-refractivity contribution in [2.45, 2.75) is 38.6 Å². The van der Waals surface area contributed by atoms with Crippen LogP contribution in [0.5, 0.6) is 11.5 Å². The average molecular weight is 466 g/mol. The third kappa shape index (κ3) is 6.73. The standard InChI is InChI=1S/C24H27N5O3S/c1-16(2)14-29-23(17(3)32-21-7-5-6-20(12-21)31-4)27-28-24(29)33-15-22(30)26-19-10-8-18(13-25)9-11-19/h5-12,16-17H,14-15H2,1-4H3,(H,26,30). The van der Waals surface area contributed by atoms with E-state index in [1.807, 2.05) is 35.8 Å². The van der Waals surface area contributed by atoms with E-state index in [4.69, 9.17) is 14.7 Å². The number of anilines is 1. The normalized spacial score (nSPS) is 11.6. The number of hydrogen-bond acceptors (Lipinski definition) is 7. The van der Waals surface area contributed by atoms with Crippen molar-refractivity contribution in [2.75, 3.05) is 18.2 Å². The van der Waals surface area contributed by atoms with Crippen molar-refractivity contribution in [2.24, 2.45) is 5.92 Å². The maximum Gasteiger partial charge on any atom is 0.234 e. The number of benzene rings is 2. The molecular weight excluding hydrogens is 438 g/mol. The van der Waals surface area contributed by atoms with Crippen molar-refractivity contribution in [1.82, 2.24) is 14.8 Å². The summed E-state index contributed by atoms with van der Waals surface area (Å²) in [5.74, 6) is 2.47. The molecule has 0 aliphatic carbocycles. The first-order valence-electron chi connectivity index (χ1n) is 10.6. The number of carbonyl (C=O) groups is 1. The van der Waals surface area contributed by atoms with E-state index in [2.05, 4.69) is 35.4 Å². The Morgan fingerprint density at radius 2 is 1.88 bits per heavy atom. The second kappa shape index (κ2) is 11.4. The molecule has 3 rings (SSSR count). The molecule has 0 aliphatic heterocycles. The summed E-state index contributed by atoms with van der Waals surface area (Å²) >= 11 is 1.32. The summed E-state index contributed by atoms with van der Waals surface area (Å²) in [5, 5.41) is 21.1. The monoisotopic (exact) mass is 465 g/mol. The number of ether oxygens (including phenoxy) is 2. The molecule has 0 saturated carbocycles. The molecule has 0 aliphatic rings. The van der Waals surface area contributed by atoms with Crippen LogP contribution in [0.3, 0.4) is 0 Å². The Balaban J connectivity index is 1.68. The summed E-state index contributed by atoms with van der Waals surface area (Å²) in [6.45, 7) is 6.85. The van der Waals surface area contributed by atoms with Gasteiger partial charge in [-0.15, -0.1) is 10.2 Å². The summed E-state index contributed by atoms with van der Waals surface area (Å²) in [7, 11) is 1.61. The van der Waals surface area contributed by atoms with Crippen LogP contribution < -0.4 is 14.8 Å². The second-order valence-corrected chi connectivity index (χ2v) is 8.75. The number of hydrogen-bond donors (Lipinski definition) is 1. The third-order valence-electron chi connectivity index (χ3n) is 4.64. The van der Waals surface area contributed by atoms with E-state index in [1.165, 1.54) is 11.8 Å². The molecule has 1 unspecified atom stereocenters. The van der Waals surface area contributed by atoms with Crippen molar-refractivity contribution < 1.29 is 14.3 Å². The van der Waals surface area contributed by atoms with Gasteiger partial charge in [0.05, 0.1) is 24.5 Å². The molecule has 1 atom stereocenters. The molecule has 1 N–H and O–H groups in total. The van der Waals surface area contributed by atoms with E-state index in [0.29, 0.717) is 46.2 Å². The minimum atomic E-state index is -0.342. The molecule has 9 heteroatoms. The van der Waals surface area contributed by atoms with Gasteiger partial charge in [-0.3, -0.25) is 4.79 Å². The van der Waals surface area contributed by atoms with E-state index in [1.54, 1.807) is 31.4 Å². The largest absolute Gasteiger partial charge is 0.497 e. The highest BCUT2D eigenvalue weighted by atomic mass is 32.2. The van der Waals surface area contributed by atoms with Crippen LogP contribution in [0, 0.1) is 17.2 Å². The van der Waals surface area contributed by atoms with Crippen LogP contribution in [0.1, 0.15) is 38.3 Å². The summed E-state index contributed by atoms with van der Waals surface area (Å²) in [4.78, 5) is 12.4. The number of rotatable bonds is 10. The van der Waals surface area contributed by atoms with Gasteiger partial charge in [0.15, 0.2) is 17.1 Å². The minimum Gasteiger partial charge on any atom is -0.497 e. The first-order chi connectivity index (χ1) is 15.9. The van der Waals surface area contributed by atoms with Crippen molar-refractivity contribution in [3.05, 3.63) is 59.9 Å². The molecule has 0 bridgehead atoms. The first-order valence-corrected chi connectivity index (χ1v) is 11.5. The van der Waals surface area contributed by atoms with Gasteiger partial charge >= 0.3 is 0 Å². The predicted octanol–water partition coefficient (Wildman–Crippen LogP) is 4.69. The topological polar surface area (TPSA) is 102 Å². The average Bonchev–Trinajstić information content (AvgIpc) is 3.20. The zero-order chi connectivity index (χ0) is 23.8. The highest BCUT2D eigenvalue weighted by Crippen LogP contribution is 2.27. The van der Waals surface area contributed by atoms with E-state index < -0.39 is 0 Å². The van der Waals surface area contributed by atoms with Gasteiger partial charge in [-0.2, -0.15) is 5.26 Å². The molecule has 1 aromatic heterocycles. The Hall–Kier alpha value is -3.51. The van der Waals surface area contributed by atoms with Gasteiger partial charge in [0, 0.05) is 18.3 Å². The van der Waals surface area contributed by atoms with Gasteiger partial charge in [0.2, 0.25) is 5.91 Å². The zero-order valence-electron chi connectivity index (χ0n) is 19.1. The smallest absolute Gasteiger partial charge is 0.234 e. The van der Waals surface area contributed by atoms with Crippen LogP contribution in [0.2, 0.25) is 0 Å². The van der Waals surface area contributed by atoms with E-state index in [9.17, 15) is 4.79 Å². The number of amides is 1. The molecule has 2 aromatic carbocycles. The Kier molecular flexibility index (Phi) is 8.33. The van der Waals surface area contributed by atoms with Crippen molar-refractivity contribution in [1.29, 1.82) is 5.26 Å². The number of aromatic nitrogens is 3. The molecule has 1 heterocycles. The fourth-order valence-electron chi connectivity index (χ4n) is 3.13. The van der Waals surface area contributed by atoms with Gasteiger partial charge in [0.1, 0.15) is 11.5 Å². The number of methoxy groups -OCH3 is 1. The predicted molar refractivity (Wildman–Crippen MR) is 127 cm³/mol. The fraction of sp³-hybridized carbons (Fsp3) is 0.333. The second-order valence-electron chi connectivity index (χ2n) is 7.81. The lowest BCUT2D eigenvalue weighted by molar-refractivity contribution is -0.113. The number of carbonyl (C=O) groups excluding carboxylic acids is 1. The SMILES string of the molecule is COc1cccc(OC(C)c2nnc(SCC(=O)Nc3ccc(C#N)cc3)n2CC(C)C)c1. The van der Waals surface area contributed by atoms with Crippen LogP contribution in [-0.4, -0.2) is 33.5 Å². The maximum atomic E-state index is 12.4. The highest BCUT2D eigenvalue weighted by molar-refractivity contribution is 7.99. The number of thioether (sulfide) groups is 1. The molecule has 0 spiro atoms. The summed E-state index contributed by atoms with van der Waals surface area (Å²) in [6.07, 6.45) is -0.342. The zero-order valence-corrected chi connectivity index (χ0v) is 19.9. The van der Waals surface area contributed by atoms with Crippen molar-refractivity contribution >= 4 is 23.4 Å². The highest BCUT2D eigenvalue weighted by Gasteiger charge is 2.21. The molecule has 0 fully saturated rings. The minimum absolute atomic E-state index is 0.161. The lowest BCUT2D eigenvalue weighted by atomic mass is 10.2. The van der Waals surface area contributed by atoms with E-state index in [-0.39, 0.29) is 17.8 Å². The first kappa shape index (κ1) is 24.1. The summed E-state index contributed by atoms with van der Waals surface area (Å²) < 4.78 is 13.4. The van der Waals surface area contributed by atoms with Crippen molar-refractivity contribution in [3.63, 3.8) is 0 Å². The molecule has 0 radical (unpaired) electrons. The molecule has 1 amide bonds. The van der Waals surface area contributed by atoms with E-state index in [0.717, 1.165) is 0 Å². The van der Waals surface area contributed by atoms with Gasteiger partial charge in [-0.25, -0.2) is 0 Å². The van der Waals surface area contributed by atoms with Crippen LogP contribution in [0.4, 0.5) is 5.69 Å². The molecule has 33 heavy (non-hydrogen) atoms. The number of nitriles is 1. The Bertz CT molecular complexity index is 1120.